The molecule has 1 amide bonds. The number of aromatic nitrogens is 4. The summed E-state index contributed by atoms with van der Waals surface area (Å²) >= 11 is 0. The Kier molecular flexibility index (Phi) is 3.92. The van der Waals surface area contributed by atoms with Crippen molar-refractivity contribution in [3.63, 3.8) is 0 Å². The monoisotopic (exact) mass is 286 g/mol. The van der Waals surface area contributed by atoms with Crippen LogP contribution in [0, 0.1) is 0 Å². The van der Waals surface area contributed by atoms with Crippen molar-refractivity contribution in [2.45, 2.75) is 24.9 Å². The molecule has 1 fully saturated rings. The van der Waals surface area contributed by atoms with E-state index in [1.54, 1.807) is 29.5 Å². The van der Waals surface area contributed by atoms with Gasteiger partial charge in [0.05, 0.1) is 12.2 Å². The lowest BCUT2D eigenvalue weighted by atomic mass is 10.1. The molecule has 21 heavy (non-hydrogen) atoms. The van der Waals surface area contributed by atoms with E-state index in [2.05, 4.69) is 15.3 Å². The largest absolute Gasteiger partial charge is 0.339 e. The van der Waals surface area contributed by atoms with Crippen molar-refractivity contribution >= 4 is 5.91 Å². The lowest BCUT2D eigenvalue weighted by Crippen LogP contribution is -2.33. The molecule has 7 nitrogen and oxygen atoms in total. The highest BCUT2D eigenvalue weighted by atomic mass is 16.2. The zero-order valence-corrected chi connectivity index (χ0v) is 11.7. The maximum Gasteiger partial charge on any atom is 0.223 e. The summed E-state index contributed by atoms with van der Waals surface area (Å²) in [6, 6.07) is 3.77. The Labute approximate surface area is 122 Å². The van der Waals surface area contributed by atoms with E-state index in [4.69, 9.17) is 5.73 Å². The van der Waals surface area contributed by atoms with Gasteiger partial charge in [0.2, 0.25) is 5.91 Å². The number of hydrogen-bond acceptors (Lipinski definition) is 5. The zero-order valence-electron chi connectivity index (χ0n) is 11.7. The van der Waals surface area contributed by atoms with Crippen LogP contribution in [-0.2, 0) is 11.2 Å². The average molecular weight is 286 g/mol. The molecular formula is C14H18N6O. The van der Waals surface area contributed by atoms with E-state index in [1.165, 1.54) is 0 Å². The lowest BCUT2D eigenvalue weighted by molar-refractivity contribution is -0.130. The minimum absolute atomic E-state index is 0.0115. The minimum atomic E-state index is -0.100. The summed E-state index contributed by atoms with van der Waals surface area (Å²) in [6.45, 7) is 1.17. The standard InChI is InChI=1S/C14H18N6O/c15-12-9-19(10-13(12)20-8-7-17-18-20)14(21)2-1-11-3-5-16-6-4-11/h3-8,12-13H,1-2,9-10,15H2/t12-,13+/m1/s1. The van der Waals surface area contributed by atoms with Crippen molar-refractivity contribution in [2.24, 2.45) is 5.73 Å². The first-order valence-corrected chi connectivity index (χ1v) is 7.02. The molecule has 3 rings (SSSR count). The molecule has 0 saturated carbocycles. The summed E-state index contributed by atoms with van der Waals surface area (Å²) in [4.78, 5) is 18.1. The van der Waals surface area contributed by atoms with E-state index in [9.17, 15) is 4.79 Å². The van der Waals surface area contributed by atoms with Crippen LogP contribution in [0.2, 0.25) is 0 Å². The van der Waals surface area contributed by atoms with Gasteiger partial charge >= 0.3 is 0 Å². The van der Waals surface area contributed by atoms with E-state index in [0.29, 0.717) is 19.5 Å². The molecule has 0 aromatic carbocycles. The van der Waals surface area contributed by atoms with E-state index < -0.39 is 0 Å². The number of aryl methyl sites for hydroxylation is 1. The summed E-state index contributed by atoms with van der Waals surface area (Å²) in [5, 5.41) is 7.77. The van der Waals surface area contributed by atoms with Crippen LogP contribution in [-0.4, -0.2) is 49.9 Å². The Morgan fingerprint density at radius 3 is 2.81 bits per heavy atom. The van der Waals surface area contributed by atoms with E-state index in [1.807, 2.05) is 17.0 Å². The Morgan fingerprint density at radius 2 is 2.10 bits per heavy atom. The number of carbonyl (C=O) groups is 1. The molecule has 1 aliphatic rings. The molecule has 1 aliphatic heterocycles. The highest BCUT2D eigenvalue weighted by molar-refractivity contribution is 5.77. The number of amides is 1. The first-order valence-electron chi connectivity index (χ1n) is 7.02. The summed E-state index contributed by atoms with van der Waals surface area (Å²) in [5.74, 6) is 0.130. The smallest absolute Gasteiger partial charge is 0.223 e. The van der Waals surface area contributed by atoms with Gasteiger partial charge in [0, 0.05) is 44.1 Å². The van der Waals surface area contributed by atoms with E-state index in [0.717, 1.165) is 12.0 Å². The number of rotatable bonds is 4. The Bertz CT molecular complexity index is 585. The molecule has 3 heterocycles. The molecule has 2 aromatic heterocycles. The predicted octanol–water partition coefficient (Wildman–Crippen LogP) is 0.0165. The van der Waals surface area contributed by atoms with Crippen molar-refractivity contribution in [1.82, 2.24) is 24.9 Å². The summed E-state index contributed by atoms with van der Waals surface area (Å²) < 4.78 is 1.74. The van der Waals surface area contributed by atoms with Crippen LogP contribution in [0.25, 0.3) is 0 Å². The van der Waals surface area contributed by atoms with Gasteiger partial charge in [-0.2, -0.15) is 0 Å². The molecule has 2 N–H and O–H groups in total. The first kappa shape index (κ1) is 13.7. The van der Waals surface area contributed by atoms with Gasteiger partial charge in [0.25, 0.3) is 0 Å². The van der Waals surface area contributed by atoms with E-state index in [-0.39, 0.29) is 18.0 Å². The molecule has 1 saturated heterocycles. The van der Waals surface area contributed by atoms with E-state index >= 15 is 0 Å². The number of hydrogen-bond donors (Lipinski definition) is 1. The Morgan fingerprint density at radius 1 is 1.29 bits per heavy atom. The van der Waals surface area contributed by atoms with Gasteiger partial charge in [-0.3, -0.25) is 9.78 Å². The van der Waals surface area contributed by atoms with Crippen molar-refractivity contribution in [3.8, 4) is 0 Å². The van der Waals surface area contributed by atoms with Crippen LogP contribution in [0.4, 0.5) is 0 Å². The van der Waals surface area contributed by atoms with Gasteiger partial charge < -0.3 is 10.6 Å². The number of pyridine rings is 1. The summed E-state index contributed by atoms with van der Waals surface area (Å²) in [5.41, 5.74) is 7.23. The third kappa shape index (κ3) is 3.08. The van der Waals surface area contributed by atoms with Crippen LogP contribution >= 0.6 is 0 Å². The maximum absolute atomic E-state index is 12.3. The van der Waals surface area contributed by atoms with Crippen LogP contribution < -0.4 is 5.73 Å². The van der Waals surface area contributed by atoms with Crippen LogP contribution in [0.15, 0.2) is 36.9 Å². The highest BCUT2D eigenvalue weighted by Gasteiger charge is 2.34. The molecule has 2 atom stereocenters. The van der Waals surface area contributed by atoms with Crippen LogP contribution in [0.1, 0.15) is 18.0 Å². The van der Waals surface area contributed by atoms with Crippen molar-refractivity contribution in [2.75, 3.05) is 13.1 Å². The molecule has 0 spiro atoms. The molecular weight excluding hydrogens is 268 g/mol. The second-order valence-corrected chi connectivity index (χ2v) is 5.27. The topological polar surface area (TPSA) is 89.9 Å². The van der Waals surface area contributed by atoms with Crippen LogP contribution in [0.3, 0.4) is 0 Å². The summed E-state index contributed by atoms with van der Waals surface area (Å²) in [7, 11) is 0. The molecule has 2 aromatic rings. The predicted molar refractivity (Wildman–Crippen MR) is 76.2 cm³/mol. The number of nitrogens with two attached hydrogens (primary N) is 1. The van der Waals surface area contributed by atoms with Gasteiger partial charge in [-0.1, -0.05) is 5.21 Å². The van der Waals surface area contributed by atoms with Gasteiger partial charge in [0.15, 0.2) is 0 Å². The SMILES string of the molecule is N[C@@H]1CN(C(=O)CCc2ccncc2)C[C@@H]1n1ccnn1. The molecule has 110 valence electrons. The Hall–Kier alpha value is -2.28. The number of carbonyl (C=O) groups excluding carboxylic acids is 1. The lowest BCUT2D eigenvalue weighted by Gasteiger charge is -2.16. The highest BCUT2D eigenvalue weighted by Crippen LogP contribution is 2.20. The second-order valence-electron chi connectivity index (χ2n) is 5.27. The fraction of sp³-hybridized carbons (Fsp3) is 0.429. The molecule has 0 unspecified atom stereocenters. The Balaban J connectivity index is 1.57. The fourth-order valence-electron chi connectivity index (χ4n) is 2.65. The third-order valence-corrected chi connectivity index (χ3v) is 3.84. The molecule has 0 aliphatic carbocycles. The number of nitrogens with zero attached hydrogens (tertiary/aromatic N) is 5. The van der Waals surface area contributed by atoms with Crippen molar-refractivity contribution in [1.29, 1.82) is 0 Å². The second kappa shape index (κ2) is 6.01. The third-order valence-electron chi connectivity index (χ3n) is 3.84. The van der Waals surface area contributed by atoms with Crippen LogP contribution in [0.5, 0.6) is 0 Å². The molecule has 7 heteroatoms. The zero-order chi connectivity index (χ0) is 14.7. The normalized spacial score (nSPS) is 21.7. The number of likely N-dealkylation sites (tertiary alicyclic amines) is 1. The summed E-state index contributed by atoms with van der Waals surface area (Å²) in [6.07, 6.45) is 8.11. The molecule has 0 bridgehead atoms. The quantitative estimate of drug-likeness (QED) is 0.855. The maximum atomic E-state index is 12.3. The average Bonchev–Trinajstić information content (AvgIpc) is 3.15. The van der Waals surface area contributed by atoms with Gasteiger partial charge in [-0.05, 0) is 24.1 Å². The minimum Gasteiger partial charge on any atom is -0.339 e. The fourth-order valence-corrected chi connectivity index (χ4v) is 2.65. The molecule has 0 radical (unpaired) electrons. The van der Waals surface area contributed by atoms with Gasteiger partial charge in [-0.25, -0.2) is 4.68 Å². The van der Waals surface area contributed by atoms with Crippen molar-refractivity contribution in [3.05, 3.63) is 42.5 Å². The van der Waals surface area contributed by atoms with Gasteiger partial charge in [-0.15, -0.1) is 5.10 Å². The van der Waals surface area contributed by atoms with Crippen molar-refractivity contribution < 1.29 is 4.79 Å². The first-order chi connectivity index (χ1) is 10.2. The van der Waals surface area contributed by atoms with Gasteiger partial charge in [0.1, 0.15) is 0 Å².